The molecule has 0 fully saturated rings. The third-order valence-corrected chi connectivity index (χ3v) is 1.76. The first-order chi connectivity index (χ1) is 6.66. The summed E-state index contributed by atoms with van der Waals surface area (Å²) in [6.07, 6.45) is 0. The fraction of sp³-hybridized carbons (Fsp3) is 0.222. The van der Waals surface area contributed by atoms with E-state index >= 15 is 0 Å². The molecule has 1 rings (SSSR count). The predicted octanol–water partition coefficient (Wildman–Crippen LogP) is 1.93. The zero-order chi connectivity index (χ0) is 10.6. The monoisotopic (exact) mass is 219 g/mol. The lowest BCUT2D eigenvalue weighted by molar-refractivity contribution is 0.0947. The van der Waals surface area contributed by atoms with E-state index in [1.54, 1.807) is 0 Å². The molecule has 0 spiro atoms. The van der Waals surface area contributed by atoms with Crippen molar-refractivity contribution in [3.63, 3.8) is 0 Å². The Labute approximate surface area is 84.9 Å². The highest BCUT2D eigenvalue weighted by Gasteiger charge is 2.15. The van der Waals surface area contributed by atoms with Crippen LogP contribution in [0.15, 0.2) is 18.2 Å². The Bertz CT molecular complexity index is 323. The quantitative estimate of drug-likeness (QED) is 0.774. The van der Waals surface area contributed by atoms with Crippen molar-refractivity contribution in [3.05, 3.63) is 35.4 Å². The summed E-state index contributed by atoms with van der Waals surface area (Å²) in [5.74, 6) is -2.35. The summed E-state index contributed by atoms with van der Waals surface area (Å²) in [5, 5.41) is 2.28. The van der Waals surface area contributed by atoms with Gasteiger partial charge in [0.1, 0.15) is 17.2 Å². The van der Waals surface area contributed by atoms with E-state index in [9.17, 15) is 13.6 Å². The number of rotatable bonds is 3. The summed E-state index contributed by atoms with van der Waals surface area (Å²) in [6.45, 7) is 0.175. The van der Waals surface area contributed by atoms with Crippen LogP contribution in [0, 0.1) is 11.6 Å². The number of nitrogens with one attached hydrogen (secondary N) is 1. The third kappa shape index (κ3) is 2.42. The molecule has 0 unspecified atom stereocenters. The van der Waals surface area contributed by atoms with E-state index in [1.807, 2.05) is 0 Å². The molecule has 0 radical (unpaired) electrons. The third-order valence-electron chi connectivity index (χ3n) is 1.57. The van der Waals surface area contributed by atoms with Crippen molar-refractivity contribution in [1.29, 1.82) is 0 Å². The molecule has 0 aliphatic carbocycles. The van der Waals surface area contributed by atoms with Gasteiger partial charge < -0.3 is 5.32 Å². The topological polar surface area (TPSA) is 29.1 Å². The van der Waals surface area contributed by atoms with Crippen LogP contribution in [0.1, 0.15) is 10.4 Å². The maximum atomic E-state index is 13.0. The Morgan fingerprint density at radius 2 is 1.93 bits per heavy atom. The van der Waals surface area contributed by atoms with Crippen molar-refractivity contribution in [2.45, 2.75) is 0 Å². The van der Waals surface area contributed by atoms with Gasteiger partial charge in [0.25, 0.3) is 5.91 Å². The molecule has 5 heteroatoms. The summed E-state index contributed by atoms with van der Waals surface area (Å²) in [4.78, 5) is 11.2. The van der Waals surface area contributed by atoms with Crippen molar-refractivity contribution in [1.82, 2.24) is 5.32 Å². The van der Waals surface area contributed by atoms with Crippen molar-refractivity contribution in [2.75, 3.05) is 12.4 Å². The Morgan fingerprint density at radius 3 is 2.43 bits per heavy atom. The smallest absolute Gasteiger partial charge is 0.257 e. The molecule has 1 N–H and O–H groups in total. The Hall–Kier alpha value is -1.16. The highest BCUT2D eigenvalue weighted by atomic mass is 35.5. The van der Waals surface area contributed by atoms with Crippen LogP contribution in [0.4, 0.5) is 8.78 Å². The van der Waals surface area contributed by atoms with E-state index in [1.165, 1.54) is 6.07 Å². The zero-order valence-corrected chi connectivity index (χ0v) is 7.94. The van der Waals surface area contributed by atoms with E-state index in [2.05, 4.69) is 5.32 Å². The molecule has 0 aliphatic heterocycles. The number of halogens is 3. The highest BCUT2D eigenvalue weighted by Crippen LogP contribution is 2.11. The van der Waals surface area contributed by atoms with Crippen molar-refractivity contribution >= 4 is 17.5 Å². The zero-order valence-electron chi connectivity index (χ0n) is 7.19. The fourth-order valence-electron chi connectivity index (χ4n) is 0.964. The van der Waals surface area contributed by atoms with Gasteiger partial charge in [-0.25, -0.2) is 8.78 Å². The molecular weight excluding hydrogens is 212 g/mol. The first kappa shape index (κ1) is 10.9. The minimum absolute atomic E-state index is 0.175. The molecule has 0 atom stereocenters. The SMILES string of the molecule is O=C(NCCCl)c1c(F)cccc1F. The van der Waals surface area contributed by atoms with Crippen LogP contribution >= 0.6 is 11.6 Å². The standard InChI is InChI=1S/C9H8ClF2NO/c10-4-5-13-9(14)8-6(11)2-1-3-7(8)12/h1-3H,4-5H2,(H,13,14). The van der Waals surface area contributed by atoms with Gasteiger partial charge in [-0.3, -0.25) is 4.79 Å². The largest absolute Gasteiger partial charge is 0.351 e. The van der Waals surface area contributed by atoms with Gasteiger partial charge >= 0.3 is 0 Å². The van der Waals surface area contributed by atoms with Gasteiger partial charge in [-0.05, 0) is 12.1 Å². The molecule has 0 saturated carbocycles. The average molecular weight is 220 g/mol. The van der Waals surface area contributed by atoms with E-state index in [0.29, 0.717) is 0 Å². The fourth-order valence-corrected chi connectivity index (χ4v) is 1.06. The number of alkyl halides is 1. The minimum atomic E-state index is -0.878. The molecule has 1 aromatic rings. The van der Waals surface area contributed by atoms with Crippen LogP contribution in [0.2, 0.25) is 0 Å². The number of amides is 1. The van der Waals surface area contributed by atoms with Gasteiger partial charge in [-0.15, -0.1) is 11.6 Å². The molecule has 1 aromatic carbocycles. The Kier molecular flexibility index (Phi) is 3.83. The van der Waals surface area contributed by atoms with E-state index < -0.39 is 23.1 Å². The molecule has 0 heterocycles. The summed E-state index contributed by atoms with van der Waals surface area (Å²) in [5.41, 5.74) is -0.572. The molecule has 0 bridgehead atoms. The lowest BCUT2D eigenvalue weighted by Gasteiger charge is -2.04. The lowest BCUT2D eigenvalue weighted by Crippen LogP contribution is -2.27. The van der Waals surface area contributed by atoms with E-state index in [4.69, 9.17) is 11.6 Å². The molecule has 2 nitrogen and oxygen atoms in total. The normalized spacial score (nSPS) is 9.93. The second-order valence-electron chi connectivity index (χ2n) is 2.54. The molecule has 0 saturated heterocycles. The number of hydrogen-bond acceptors (Lipinski definition) is 1. The van der Waals surface area contributed by atoms with Crippen LogP contribution in [-0.2, 0) is 0 Å². The molecule has 14 heavy (non-hydrogen) atoms. The number of benzene rings is 1. The second kappa shape index (κ2) is 4.91. The second-order valence-corrected chi connectivity index (χ2v) is 2.92. The van der Waals surface area contributed by atoms with Gasteiger partial charge in [0, 0.05) is 12.4 Å². The molecule has 76 valence electrons. The van der Waals surface area contributed by atoms with Gasteiger partial charge in [-0.1, -0.05) is 6.07 Å². The molecule has 0 aromatic heterocycles. The Morgan fingerprint density at radius 1 is 1.36 bits per heavy atom. The van der Waals surface area contributed by atoms with Crippen LogP contribution in [0.3, 0.4) is 0 Å². The van der Waals surface area contributed by atoms with Crippen LogP contribution in [0.5, 0.6) is 0 Å². The van der Waals surface area contributed by atoms with Crippen LogP contribution < -0.4 is 5.32 Å². The van der Waals surface area contributed by atoms with E-state index in [-0.39, 0.29) is 12.4 Å². The van der Waals surface area contributed by atoms with Crippen LogP contribution in [-0.4, -0.2) is 18.3 Å². The number of carbonyl (C=O) groups is 1. The summed E-state index contributed by atoms with van der Waals surface area (Å²) >= 11 is 5.31. The van der Waals surface area contributed by atoms with Crippen molar-refractivity contribution in [2.24, 2.45) is 0 Å². The minimum Gasteiger partial charge on any atom is -0.351 e. The molecule has 0 aliphatic rings. The van der Waals surface area contributed by atoms with Gasteiger partial charge in [0.2, 0.25) is 0 Å². The number of hydrogen-bond donors (Lipinski definition) is 1. The maximum Gasteiger partial charge on any atom is 0.257 e. The van der Waals surface area contributed by atoms with Gasteiger partial charge in [0.05, 0.1) is 0 Å². The molecular formula is C9H8ClF2NO. The first-order valence-corrected chi connectivity index (χ1v) is 4.48. The van der Waals surface area contributed by atoms with Crippen molar-refractivity contribution in [3.8, 4) is 0 Å². The average Bonchev–Trinajstić information content (AvgIpc) is 2.14. The summed E-state index contributed by atoms with van der Waals surface area (Å²) in [6, 6.07) is 3.25. The molecule has 1 amide bonds. The number of carbonyl (C=O) groups excluding carboxylic acids is 1. The maximum absolute atomic E-state index is 13.0. The highest BCUT2D eigenvalue weighted by molar-refractivity contribution is 6.18. The first-order valence-electron chi connectivity index (χ1n) is 3.95. The summed E-state index contributed by atoms with van der Waals surface area (Å²) < 4.78 is 26.0. The van der Waals surface area contributed by atoms with E-state index in [0.717, 1.165) is 12.1 Å². The Balaban J connectivity index is 2.89. The lowest BCUT2D eigenvalue weighted by atomic mass is 10.2. The predicted molar refractivity (Wildman–Crippen MR) is 49.4 cm³/mol. The van der Waals surface area contributed by atoms with Gasteiger partial charge in [0.15, 0.2) is 0 Å². The van der Waals surface area contributed by atoms with Crippen molar-refractivity contribution < 1.29 is 13.6 Å². The summed E-state index contributed by atoms with van der Waals surface area (Å²) in [7, 11) is 0. The van der Waals surface area contributed by atoms with Gasteiger partial charge in [-0.2, -0.15) is 0 Å². The van der Waals surface area contributed by atoms with Crippen LogP contribution in [0.25, 0.3) is 0 Å².